The topological polar surface area (TPSA) is 98.5 Å². The van der Waals surface area contributed by atoms with Gasteiger partial charge in [-0.3, -0.25) is 9.59 Å². The molecule has 1 atom stereocenters. The second-order valence-corrected chi connectivity index (χ2v) is 5.68. The lowest BCUT2D eigenvalue weighted by Crippen LogP contribution is -2.42. The Balaban J connectivity index is 2.76. The van der Waals surface area contributed by atoms with Crippen molar-refractivity contribution in [2.24, 2.45) is 5.73 Å². The third-order valence-electron chi connectivity index (χ3n) is 2.56. The third-order valence-corrected chi connectivity index (χ3v) is 2.56. The molecule has 0 bridgehead atoms. The molecule has 6 heteroatoms. The van der Waals surface area contributed by atoms with Crippen molar-refractivity contribution in [1.29, 1.82) is 0 Å². The summed E-state index contributed by atoms with van der Waals surface area (Å²) in [5, 5.41) is 2.45. The van der Waals surface area contributed by atoms with E-state index in [0.717, 1.165) is 0 Å². The van der Waals surface area contributed by atoms with Crippen LogP contribution in [0.5, 0.6) is 0 Å². The van der Waals surface area contributed by atoms with Crippen molar-refractivity contribution in [2.45, 2.75) is 39.3 Å². The average molecular weight is 292 g/mol. The van der Waals surface area contributed by atoms with Gasteiger partial charge in [0.25, 0.3) is 5.91 Å². The lowest BCUT2D eigenvalue weighted by atomic mass is 10.1. The largest absolute Gasteiger partial charge is 0.456 e. The molecule has 0 radical (unpaired) electrons. The zero-order valence-corrected chi connectivity index (χ0v) is 12.6. The monoisotopic (exact) mass is 292 g/mol. The highest BCUT2D eigenvalue weighted by Crippen LogP contribution is 2.13. The van der Waals surface area contributed by atoms with Gasteiger partial charge in [-0.15, -0.1) is 0 Å². The van der Waals surface area contributed by atoms with Crippen molar-refractivity contribution >= 4 is 17.8 Å². The summed E-state index contributed by atoms with van der Waals surface area (Å²) in [5.41, 5.74) is 5.17. The number of esters is 1. The van der Waals surface area contributed by atoms with Gasteiger partial charge >= 0.3 is 5.97 Å². The Kier molecular flexibility index (Phi) is 5.07. The maximum atomic E-state index is 11.8. The number of nitrogens with one attached hydrogen (secondary N) is 1. The summed E-state index contributed by atoms with van der Waals surface area (Å²) in [7, 11) is 0. The Bertz CT molecular complexity index is 544. The first-order valence-electron chi connectivity index (χ1n) is 6.54. The van der Waals surface area contributed by atoms with Gasteiger partial charge in [-0.25, -0.2) is 4.79 Å². The first-order chi connectivity index (χ1) is 9.60. The summed E-state index contributed by atoms with van der Waals surface area (Å²) in [5.74, 6) is -1.51. The van der Waals surface area contributed by atoms with Crippen LogP contribution in [0, 0.1) is 0 Å². The molecule has 3 N–H and O–H groups in total. The summed E-state index contributed by atoms with van der Waals surface area (Å²) in [4.78, 5) is 34.5. The van der Waals surface area contributed by atoms with E-state index in [0.29, 0.717) is 11.1 Å². The smallest absolute Gasteiger partial charge is 0.338 e. The first kappa shape index (κ1) is 16.7. The van der Waals surface area contributed by atoms with Gasteiger partial charge in [0.1, 0.15) is 11.6 Å². The van der Waals surface area contributed by atoms with E-state index in [1.807, 2.05) is 0 Å². The van der Waals surface area contributed by atoms with Gasteiger partial charge < -0.3 is 15.8 Å². The van der Waals surface area contributed by atoms with E-state index in [1.165, 1.54) is 31.2 Å². The number of carbonyl (C=O) groups is 3. The van der Waals surface area contributed by atoms with E-state index < -0.39 is 29.4 Å². The van der Waals surface area contributed by atoms with Crippen LogP contribution in [0.3, 0.4) is 0 Å². The number of rotatable bonds is 4. The van der Waals surface area contributed by atoms with Gasteiger partial charge in [0.15, 0.2) is 0 Å². The number of amides is 2. The third kappa shape index (κ3) is 5.25. The van der Waals surface area contributed by atoms with Gasteiger partial charge in [-0.1, -0.05) is 0 Å². The lowest BCUT2D eigenvalue weighted by Gasteiger charge is -2.19. The van der Waals surface area contributed by atoms with Gasteiger partial charge in [0.2, 0.25) is 5.91 Å². The summed E-state index contributed by atoms with van der Waals surface area (Å²) < 4.78 is 5.22. The Morgan fingerprint density at radius 3 is 2.00 bits per heavy atom. The van der Waals surface area contributed by atoms with Crippen LogP contribution in [-0.4, -0.2) is 29.4 Å². The van der Waals surface area contributed by atoms with Gasteiger partial charge in [0, 0.05) is 5.56 Å². The van der Waals surface area contributed by atoms with E-state index in [2.05, 4.69) is 5.32 Å². The Hall–Kier alpha value is -2.37. The van der Waals surface area contributed by atoms with Crippen LogP contribution in [0.4, 0.5) is 0 Å². The van der Waals surface area contributed by atoms with E-state index in [1.54, 1.807) is 20.8 Å². The van der Waals surface area contributed by atoms with Crippen molar-refractivity contribution in [3.63, 3.8) is 0 Å². The molecule has 1 rings (SSSR count). The summed E-state index contributed by atoms with van der Waals surface area (Å²) in [6, 6.07) is 5.21. The maximum Gasteiger partial charge on any atom is 0.338 e. The highest BCUT2D eigenvalue weighted by molar-refractivity contribution is 5.98. The Morgan fingerprint density at radius 2 is 1.57 bits per heavy atom. The molecule has 2 amide bonds. The Labute approximate surface area is 123 Å². The highest BCUT2D eigenvalue weighted by Gasteiger charge is 2.18. The molecule has 0 fully saturated rings. The minimum atomic E-state index is -0.761. The lowest BCUT2D eigenvalue weighted by molar-refractivity contribution is -0.119. The standard InChI is InChI=1S/C15H20N2O4/c1-9(12(16)18)17-13(19)10-5-7-11(8-6-10)14(20)21-15(2,3)4/h5-9H,1-4H3,(H2,16,18)(H,17,19). The molecule has 1 unspecified atom stereocenters. The number of benzene rings is 1. The fraction of sp³-hybridized carbons (Fsp3) is 0.400. The van der Waals surface area contributed by atoms with Crippen LogP contribution in [0.2, 0.25) is 0 Å². The van der Waals surface area contributed by atoms with E-state index in [4.69, 9.17) is 10.5 Å². The van der Waals surface area contributed by atoms with Crippen LogP contribution in [-0.2, 0) is 9.53 Å². The van der Waals surface area contributed by atoms with Crippen LogP contribution in [0.15, 0.2) is 24.3 Å². The quantitative estimate of drug-likeness (QED) is 0.816. The van der Waals surface area contributed by atoms with Crippen LogP contribution in [0.25, 0.3) is 0 Å². The van der Waals surface area contributed by atoms with E-state index in [9.17, 15) is 14.4 Å². The first-order valence-corrected chi connectivity index (χ1v) is 6.54. The van der Waals surface area contributed by atoms with Gasteiger partial charge in [-0.05, 0) is 52.0 Å². The zero-order valence-electron chi connectivity index (χ0n) is 12.6. The number of hydrogen-bond donors (Lipinski definition) is 2. The predicted molar refractivity (Wildman–Crippen MR) is 77.7 cm³/mol. The van der Waals surface area contributed by atoms with Crippen molar-refractivity contribution in [3.05, 3.63) is 35.4 Å². The van der Waals surface area contributed by atoms with Crippen LogP contribution in [0.1, 0.15) is 48.4 Å². The number of primary amides is 1. The molecule has 1 aromatic rings. The number of ether oxygens (including phenoxy) is 1. The molecule has 6 nitrogen and oxygen atoms in total. The SMILES string of the molecule is CC(NC(=O)c1ccc(C(=O)OC(C)(C)C)cc1)C(N)=O. The summed E-state index contributed by atoms with van der Waals surface area (Å²) in [6.45, 7) is 6.82. The normalized spacial score (nSPS) is 12.4. The number of carbonyl (C=O) groups excluding carboxylic acids is 3. The molecule has 0 aliphatic carbocycles. The predicted octanol–water partition coefficient (Wildman–Crippen LogP) is 1.25. The summed E-state index contributed by atoms with van der Waals surface area (Å²) in [6.07, 6.45) is 0. The molecule has 1 aromatic carbocycles. The van der Waals surface area contributed by atoms with E-state index in [-0.39, 0.29) is 0 Å². The molecular weight excluding hydrogens is 272 g/mol. The molecule has 0 aliphatic heterocycles. The fourth-order valence-electron chi connectivity index (χ4n) is 1.45. The molecule has 0 spiro atoms. The second kappa shape index (κ2) is 6.39. The Morgan fingerprint density at radius 1 is 1.10 bits per heavy atom. The van der Waals surface area contributed by atoms with E-state index >= 15 is 0 Å². The molecular formula is C15H20N2O4. The molecule has 0 aliphatic rings. The number of hydrogen-bond acceptors (Lipinski definition) is 4. The molecule has 0 saturated heterocycles. The fourth-order valence-corrected chi connectivity index (χ4v) is 1.45. The molecule has 0 aromatic heterocycles. The van der Waals surface area contributed by atoms with Crippen molar-refractivity contribution in [1.82, 2.24) is 5.32 Å². The summed E-state index contributed by atoms with van der Waals surface area (Å²) >= 11 is 0. The minimum Gasteiger partial charge on any atom is -0.456 e. The van der Waals surface area contributed by atoms with Gasteiger partial charge in [0.05, 0.1) is 5.56 Å². The van der Waals surface area contributed by atoms with Gasteiger partial charge in [-0.2, -0.15) is 0 Å². The van der Waals surface area contributed by atoms with Crippen LogP contribution < -0.4 is 11.1 Å². The number of nitrogens with two attached hydrogens (primary N) is 1. The maximum absolute atomic E-state index is 11.8. The highest BCUT2D eigenvalue weighted by atomic mass is 16.6. The molecule has 21 heavy (non-hydrogen) atoms. The molecule has 0 saturated carbocycles. The molecule has 114 valence electrons. The zero-order chi connectivity index (χ0) is 16.2. The van der Waals surface area contributed by atoms with Crippen molar-refractivity contribution in [3.8, 4) is 0 Å². The molecule has 0 heterocycles. The minimum absolute atomic E-state index is 0.329. The average Bonchev–Trinajstić information content (AvgIpc) is 2.36. The second-order valence-electron chi connectivity index (χ2n) is 5.68. The van der Waals surface area contributed by atoms with Crippen LogP contribution >= 0.6 is 0 Å². The van der Waals surface area contributed by atoms with Crippen molar-refractivity contribution < 1.29 is 19.1 Å². The van der Waals surface area contributed by atoms with Crippen molar-refractivity contribution in [2.75, 3.05) is 0 Å².